The number of amides is 3. The molecule has 2 unspecified atom stereocenters. The molecule has 30 heavy (non-hydrogen) atoms. The molecule has 2 atom stereocenters. The van der Waals surface area contributed by atoms with Gasteiger partial charge in [-0.25, -0.2) is 4.79 Å². The molecule has 3 amide bonds. The van der Waals surface area contributed by atoms with Crippen LogP contribution in [-0.2, 0) is 16.1 Å². The third kappa shape index (κ3) is 5.97. The highest BCUT2D eigenvalue weighted by Gasteiger charge is 2.40. The summed E-state index contributed by atoms with van der Waals surface area (Å²) in [7, 11) is 1.58. The molecule has 1 fully saturated rings. The number of hydrogen-bond donors (Lipinski definition) is 2. The van der Waals surface area contributed by atoms with Crippen LogP contribution in [0.25, 0.3) is 0 Å². The van der Waals surface area contributed by atoms with Crippen LogP contribution in [0.2, 0.25) is 0 Å². The molecule has 0 radical (unpaired) electrons. The summed E-state index contributed by atoms with van der Waals surface area (Å²) < 4.78 is 11.0. The molecule has 160 valence electrons. The van der Waals surface area contributed by atoms with Gasteiger partial charge in [0, 0.05) is 26.6 Å². The van der Waals surface area contributed by atoms with E-state index in [0.29, 0.717) is 32.7 Å². The van der Waals surface area contributed by atoms with Gasteiger partial charge < -0.3 is 25.0 Å². The first-order valence-corrected chi connectivity index (χ1v) is 10.1. The number of rotatable bonds is 8. The molecule has 0 spiro atoms. The maximum absolute atomic E-state index is 12.9. The van der Waals surface area contributed by atoms with E-state index in [2.05, 4.69) is 10.6 Å². The predicted molar refractivity (Wildman–Crippen MR) is 114 cm³/mol. The quantitative estimate of drug-likeness (QED) is 0.654. The third-order valence-corrected chi connectivity index (χ3v) is 5.04. The Hall–Kier alpha value is -3.06. The number of benzene rings is 2. The minimum Gasteiger partial charge on any atom is -0.488 e. The number of nitrogens with one attached hydrogen (secondary N) is 2. The molecule has 2 N–H and O–H groups in total. The molecule has 0 saturated carbocycles. The van der Waals surface area contributed by atoms with Crippen molar-refractivity contribution < 1.29 is 19.1 Å². The largest absolute Gasteiger partial charge is 0.488 e. The highest BCUT2D eigenvalue weighted by molar-refractivity contribution is 5.87. The summed E-state index contributed by atoms with van der Waals surface area (Å²) in [6.45, 7) is 3.58. The minimum atomic E-state index is -0.589. The van der Waals surface area contributed by atoms with Crippen LogP contribution in [-0.4, -0.2) is 55.8 Å². The van der Waals surface area contributed by atoms with Gasteiger partial charge in [-0.3, -0.25) is 4.79 Å². The average Bonchev–Trinajstić information content (AvgIpc) is 3.18. The van der Waals surface area contributed by atoms with Gasteiger partial charge in [-0.05, 0) is 24.6 Å². The fourth-order valence-corrected chi connectivity index (χ4v) is 3.43. The van der Waals surface area contributed by atoms with Gasteiger partial charge in [-0.1, -0.05) is 48.0 Å². The number of ether oxygens (including phenoxy) is 2. The third-order valence-electron chi connectivity index (χ3n) is 5.04. The van der Waals surface area contributed by atoms with Crippen molar-refractivity contribution in [2.75, 3.05) is 26.8 Å². The van der Waals surface area contributed by atoms with Crippen molar-refractivity contribution in [2.24, 2.45) is 0 Å². The SMILES string of the molecule is COCCNC(=O)C1CC(Oc2ccccc2)CN1C(=O)NCc1ccc(C)cc1. The van der Waals surface area contributed by atoms with E-state index in [1.807, 2.05) is 61.5 Å². The Labute approximate surface area is 177 Å². The number of para-hydroxylation sites is 1. The van der Waals surface area contributed by atoms with Gasteiger partial charge in [0.1, 0.15) is 17.9 Å². The van der Waals surface area contributed by atoms with Crippen molar-refractivity contribution >= 4 is 11.9 Å². The Bertz CT molecular complexity index is 826. The van der Waals surface area contributed by atoms with Crippen LogP contribution in [0.5, 0.6) is 5.75 Å². The Morgan fingerprint density at radius 3 is 2.50 bits per heavy atom. The van der Waals surface area contributed by atoms with E-state index in [1.165, 1.54) is 5.56 Å². The van der Waals surface area contributed by atoms with Gasteiger partial charge in [0.15, 0.2) is 0 Å². The standard InChI is InChI=1S/C23H29N3O4/c1-17-8-10-18(11-9-17)15-25-23(28)26-16-20(30-19-6-4-3-5-7-19)14-21(26)22(27)24-12-13-29-2/h3-11,20-21H,12-16H2,1-2H3,(H,24,27)(H,25,28). The molecule has 2 aromatic carbocycles. The van der Waals surface area contributed by atoms with Gasteiger partial charge in [0.25, 0.3) is 0 Å². The fourth-order valence-electron chi connectivity index (χ4n) is 3.43. The Kier molecular flexibility index (Phi) is 7.68. The van der Waals surface area contributed by atoms with Crippen LogP contribution in [0.3, 0.4) is 0 Å². The number of urea groups is 1. The number of likely N-dealkylation sites (tertiary alicyclic amines) is 1. The fraction of sp³-hybridized carbons (Fsp3) is 0.391. The second kappa shape index (κ2) is 10.6. The number of hydrogen-bond acceptors (Lipinski definition) is 4. The molecule has 1 heterocycles. The summed E-state index contributed by atoms with van der Waals surface area (Å²) in [5, 5.41) is 5.76. The maximum atomic E-state index is 12.9. The summed E-state index contributed by atoms with van der Waals surface area (Å²) in [4.78, 5) is 27.1. The summed E-state index contributed by atoms with van der Waals surface area (Å²) in [6, 6.07) is 16.6. The molecular weight excluding hydrogens is 382 g/mol. The maximum Gasteiger partial charge on any atom is 0.318 e. The predicted octanol–water partition coefficient (Wildman–Crippen LogP) is 2.49. The Morgan fingerprint density at radius 1 is 1.07 bits per heavy atom. The molecule has 0 aromatic heterocycles. The Morgan fingerprint density at radius 2 is 1.80 bits per heavy atom. The lowest BCUT2D eigenvalue weighted by Gasteiger charge is -2.24. The first-order chi connectivity index (χ1) is 14.6. The average molecular weight is 412 g/mol. The first-order valence-electron chi connectivity index (χ1n) is 10.1. The molecule has 7 nitrogen and oxygen atoms in total. The zero-order valence-electron chi connectivity index (χ0n) is 17.5. The van der Waals surface area contributed by atoms with E-state index in [4.69, 9.17) is 9.47 Å². The van der Waals surface area contributed by atoms with Crippen molar-refractivity contribution in [1.29, 1.82) is 0 Å². The number of carbonyl (C=O) groups is 2. The smallest absolute Gasteiger partial charge is 0.318 e. The van der Waals surface area contributed by atoms with Crippen LogP contribution in [0, 0.1) is 6.92 Å². The normalized spacial score (nSPS) is 18.1. The van der Waals surface area contributed by atoms with E-state index >= 15 is 0 Å². The molecule has 1 saturated heterocycles. The second-order valence-electron chi connectivity index (χ2n) is 7.38. The molecular formula is C23H29N3O4. The van der Waals surface area contributed by atoms with Crippen LogP contribution in [0.1, 0.15) is 17.5 Å². The highest BCUT2D eigenvalue weighted by atomic mass is 16.5. The first kappa shape index (κ1) is 21.6. The van der Waals surface area contributed by atoms with Crippen molar-refractivity contribution in [3.8, 4) is 5.75 Å². The summed E-state index contributed by atoms with van der Waals surface area (Å²) in [5.41, 5.74) is 2.17. The lowest BCUT2D eigenvalue weighted by Crippen LogP contribution is -2.49. The van der Waals surface area contributed by atoms with Gasteiger partial charge in [0.2, 0.25) is 5.91 Å². The van der Waals surface area contributed by atoms with Crippen LogP contribution < -0.4 is 15.4 Å². The summed E-state index contributed by atoms with van der Waals surface area (Å²) >= 11 is 0. The van der Waals surface area contributed by atoms with Crippen molar-refractivity contribution in [1.82, 2.24) is 15.5 Å². The van der Waals surface area contributed by atoms with Gasteiger partial charge >= 0.3 is 6.03 Å². The monoisotopic (exact) mass is 411 g/mol. The zero-order chi connectivity index (χ0) is 21.3. The van der Waals surface area contributed by atoms with E-state index in [1.54, 1.807) is 12.0 Å². The number of carbonyl (C=O) groups excluding carboxylic acids is 2. The molecule has 7 heteroatoms. The molecule has 3 rings (SSSR count). The van der Waals surface area contributed by atoms with Crippen molar-refractivity contribution in [2.45, 2.75) is 32.0 Å². The summed E-state index contributed by atoms with van der Waals surface area (Å²) in [5.74, 6) is 0.527. The van der Waals surface area contributed by atoms with E-state index in [-0.39, 0.29) is 18.0 Å². The topological polar surface area (TPSA) is 79.9 Å². The molecule has 0 aliphatic carbocycles. The van der Waals surface area contributed by atoms with Crippen LogP contribution in [0.4, 0.5) is 4.79 Å². The van der Waals surface area contributed by atoms with Crippen LogP contribution >= 0.6 is 0 Å². The number of nitrogens with zero attached hydrogens (tertiary/aromatic N) is 1. The molecule has 1 aliphatic heterocycles. The lowest BCUT2D eigenvalue weighted by atomic mass is 10.1. The number of aryl methyl sites for hydroxylation is 1. The van der Waals surface area contributed by atoms with Crippen LogP contribution in [0.15, 0.2) is 54.6 Å². The minimum absolute atomic E-state index is 0.198. The lowest BCUT2D eigenvalue weighted by molar-refractivity contribution is -0.124. The van der Waals surface area contributed by atoms with E-state index < -0.39 is 6.04 Å². The molecule has 1 aliphatic rings. The van der Waals surface area contributed by atoms with E-state index in [9.17, 15) is 9.59 Å². The van der Waals surface area contributed by atoms with Gasteiger partial charge in [-0.2, -0.15) is 0 Å². The second-order valence-corrected chi connectivity index (χ2v) is 7.38. The van der Waals surface area contributed by atoms with Gasteiger partial charge in [-0.15, -0.1) is 0 Å². The van der Waals surface area contributed by atoms with Crippen molar-refractivity contribution in [3.63, 3.8) is 0 Å². The zero-order valence-corrected chi connectivity index (χ0v) is 17.5. The molecule has 0 bridgehead atoms. The van der Waals surface area contributed by atoms with Gasteiger partial charge in [0.05, 0.1) is 13.2 Å². The number of methoxy groups -OCH3 is 1. The van der Waals surface area contributed by atoms with Crippen molar-refractivity contribution in [3.05, 3.63) is 65.7 Å². The Balaban J connectivity index is 1.64. The van der Waals surface area contributed by atoms with E-state index in [0.717, 1.165) is 11.3 Å². The summed E-state index contributed by atoms with van der Waals surface area (Å²) in [6.07, 6.45) is 0.182. The highest BCUT2D eigenvalue weighted by Crippen LogP contribution is 2.23. The molecule has 2 aromatic rings.